The number of aliphatic carboxylic acids is 2. The molecule has 27 heavy (non-hydrogen) atoms. The van der Waals surface area contributed by atoms with Crippen LogP contribution in [0, 0.1) is 5.92 Å². The highest BCUT2D eigenvalue weighted by Gasteiger charge is 2.39. The number of hydrazine groups is 1. The van der Waals surface area contributed by atoms with Gasteiger partial charge in [-0.05, 0) is 25.0 Å². The Bertz CT molecular complexity index is 714. The van der Waals surface area contributed by atoms with Crippen molar-refractivity contribution in [2.24, 2.45) is 5.92 Å². The first-order chi connectivity index (χ1) is 12.8. The number of hydrogen-bond acceptors (Lipinski definition) is 4. The van der Waals surface area contributed by atoms with E-state index in [2.05, 4.69) is 5.43 Å². The number of rotatable bonds is 7. The summed E-state index contributed by atoms with van der Waals surface area (Å²) in [5, 5.41) is 17.8. The van der Waals surface area contributed by atoms with Gasteiger partial charge in [-0.2, -0.15) is 0 Å². The second-order valence-electron chi connectivity index (χ2n) is 5.85. The summed E-state index contributed by atoms with van der Waals surface area (Å²) in [4.78, 5) is 43.8. The maximum absolute atomic E-state index is 12.1. The van der Waals surface area contributed by atoms with Gasteiger partial charge in [0, 0.05) is 11.6 Å². The smallest absolute Gasteiger partial charge is 0.331 e. The number of nitrogens with one attached hydrogen (secondary N) is 1. The molecule has 0 saturated carbocycles. The number of anilines is 1. The van der Waals surface area contributed by atoms with E-state index in [0.29, 0.717) is 18.2 Å². The summed E-state index contributed by atoms with van der Waals surface area (Å²) in [5.41, 5.74) is 3.25. The van der Waals surface area contributed by atoms with Crippen molar-refractivity contribution in [3.05, 3.63) is 42.0 Å². The van der Waals surface area contributed by atoms with Crippen molar-refractivity contribution in [2.75, 3.05) is 5.01 Å². The lowest BCUT2D eigenvalue weighted by Gasteiger charge is -2.14. The van der Waals surface area contributed by atoms with Crippen LogP contribution in [-0.2, 0) is 19.2 Å². The minimum absolute atomic E-state index is 0.0903. The number of para-hydroxylation sites is 1. The third-order valence-electron chi connectivity index (χ3n) is 3.87. The maximum Gasteiger partial charge on any atom is 0.331 e. The topological polar surface area (TPSA) is 124 Å². The van der Waals surface area contributed by atoms with Gasteiger partial charge in [0.25, 0.3) is 11.8 Å². The summed E-state index contributed by atoms with van der Waals surface area (Å²) in [6.07, 6.45) is 3.43. The van der Waals surface area contributed by atoms with Crippen molar-refractivity contribution in [3.63, 3.8) is 0 Å². The van der Waals surface area contributed by atoms with Crippen LogP contribution in [0.25, 0.3) is 0 Å². The monoisotopic (exact) mass is 376 g/mol. The van der Waals surface area contributed by atoms with Gasteiger partial charge >= 0.3 is 11.9 Å². The quantitative estimate of drug-likeness (QED) is 0.496. The van der Waals surface area contributed by atoms with Crippen LogP contribution < -0.4 is 10.4 Å². The molecule has 1 aliphatic rings. The molecule has 1 atom stereocenters. The molecule has 1 aromatic rings. The third-order valence-corrected chi connectivity index (χ3v) is 3.87. The lowest BCUT2D eigenvalue weighted by atomic mass is 10.0. The lowest BCUT2D eigenvalue weighted by molar-refractivity contribution is -0.135. The van der Waals surface area contributed by atoms with Crippen molar-refractivity contribution in [1.82, 2.24) is 5.43 Å². The predicted octanol–water partition coefficient (Wildman–Crippen LogP) is 2.36. The minimum Gasteiger partial charge on any atom is -0.478 e. The summed E-state index contributed by atoms with van der Waals surface area (Å²) in [6, 6.07) is 9.17. The largest absolute Gasteiger partial charge is 0.478 e. The Hall–Kier alpha value is -3.16. The van der Waals surface area contributed by atoms with Crippen LogP contribution >= 0.6 is 0 Å². The highest BCUT2D eigenvalue weighted by molar-refractivity contribution is 6.14. The Morgan fingerprint density at radius 2 is 1.78 bits per heavy atom. The highest BCUT2D eigenvalue weighted by atomic mass is 16.4. The maximum atomic E-state index is 12.1. The molecule has 0 aromatic heterocycles. The number of nitrogens with zero attached hydrogens (tertiary/aromatic N) is 1. The summed E-state index contributed by atoms with van der Waals surface area (Å²) in [7, 11) is 0. The van der Waals surface area contributed by atoms with Crippen molar-refractivity contribution < 1.29 is 29.4 Å². The van der Waals surface area contributed by atoms with E-state index < -0.39 is 17.9 Å². The SMILES string of the molecule is CC/C(=C/C(=O)O)C(=O)O.CCCCC1C(=O)NN(c2ccccc2)C1=O. The predicted molar refractivity (Wildman–Crippen MR) is 98.7 cm³/mol. The number of amides is 2. The van der Waals surface area contributed by atoms with Crippen LogP contribution in [0.3, 0.4) is 0 Å². The molecule has 0 spiro atoms. The van der Waals surface area contributed by atoms with Gasteiger partial charge in [0.1, 0.15) is 5.92 Å². The van der Waals surface area contributed by atoms with Crippen LogP contribution in [0.1, 0.15) is 39.5 Å². The molecule has 1 fully saturated rings. The van der Waals surface area contributed by atoms with E-state index in [1.807, 2.05) is 25.1 Å². The van der Waals surface area contributed by atoms with Gasteiger partial charge in [-0.1, -0.05) is 44.9 Å². The summed E-state index contributed by atoms with van der Waals surface area (Å²) in [6.45, 7) is 3.63. The molecule has 2 amide bonds. The zero-order valence-electron chi connectivity index (χ0n) is 15.3. The molecule has 0 aliphatic carbocycles. The first-order valence-electron chi connectivity index (χ1n) is 8.68. The van der Waals surface area contributed by atoms with E-state index in [0.717, 1.165) is 12.8 Å². The van der Waals surface area contributed by atoms with E-state index in [-0.39, 0.29) is 23.8 Å². The van der Waals surface area contributed by atoms with E-state index in [1.54, 1.807) is 19.1 Å². The second-order valence-corrected chi connectivity index (χ2v) is 5.85. The van der Waals surface area contributed by atoms with E-state index >= 15 is 0 Å². The molecule has 1 unspecified atom stereocenters. The first kappa shape index (κ1) is 21.9. The molecule has 146 valence electrons. The van der Waals surface area contributed by atoms with Crippen molar-refractivity contribution in [2.45, 2.75) is 39.5 Å². The fraction of sp³-hybridized carbons (Fsp3) is 0.368. The van der Waals surface area contributed by atoms with Gasteiger partial charge < -0.3 is 10.2 Å². The summed E-state index contributed by atoms with van der Waals surface area (Å²) < 4.78 is 0. The van der Waals surface area contributed by atoms with E-state index in [1.165, 1.54) is 5.01 Å². The molecule has 1 heterocycles. The third kappa shape index (κ3) is 6.58. The Morgan fingerprint density at radius 1 is 1.15 bits per heavy atom. The minimum atomic E-state index is -1.22. The Morgan fingerprint density at radius 3 is 2.22 bits per heavy atom. The molecule has 0 radical (unpaired) electrons. The zero-order chi connectivity index (χ0) is 20.4. The number of hydrogen-bond donors (Lipinski definition) is 3. The van der Waals surface area contributed by atoms with Crippen molar-refractivity contribution >= 4 is 29.4 Å². The fourth-order valence-corrected chi connectivity index (χ4v) is 2.41. The molecule has 0 bridgehead atoms. The molecule has 8 nitrogen and oxygen atoms in total. The van der Waals surface area contributed by atoms with Crippen LogP contribution in [-0.4, -0.2) is 34.0 Å². The van der Waals surface area contributed by atoms with Crippen LogP contribution in [0.4, 0.5) is 5.69 Å². The van der Waals surface area contributed by atoms with E-state index in [4.69, 9.17) is 10.2 Å². The zero-order valence-corrected chi connectivity index (χ0v) is 15.3. The average Bonchev–Trinajstić information content (AvgIpc) is 2.93. The first-order valence-corrected chi connectivity index (χ1v) is 8.68. The summed E-state index contributed by atoms with van der Waals surface area (Å²) >= 11 is 0. The van der Waals surface area contributed by atoms with Crippen LogP contribution in [0.15, 0.2) is 42.0 Å². The van der Waals surface area contributed by atoms with E-state index in [9.17, 15) is 19.2 Å². The molecule has 1 aliphatic heterocycles. The lowest BCUT2D eigenvalue weighted by Crippen LogP contribution is -2.35. The number of carbonyl (C=O) groups is 4. The molecular formula is C19H24N2O6. The van der Waals surface area contributed by atoms with Gasteiger partial charge in [0.2, 0.25) is 0 Å². The molecular weight excluding hydrogens is 352 g/mol. The van der Waals surface area contributed by atoms with Crippen molar-refractivity contribution in [3.8, 4) is 0 Å². The number of carboxylic acid groups (broad SMARTS) is 2. The van der Waals surface area contributed by atoms with Gasteiger partial charge in [-0.3, -0.25) is 15.0 Å². The van der Waals surface area contributed by atoms with Gasteiger partial charge in [-0.15, -0.1) is 0 Å². The standard InChI is InChI=1S/C13H16N2O2.C6H8O4/c1-2-3-9-11-12(16)14-15(13(11)17)10-7-5-4-6-8-10;1-2-4(6(9)10)3-5(7)8/h4-8,11H,2-3,9H2,1H3,(H,14,16);3H,2H2,1H3,(H,7,8)(H,9,10)/b;4-3-. The Balaban J connectivity index is 0.000000314. The average molecular weight is 376 g/mol. The van der Waals surface area contributed by atoms with Crippen molar-refractivity contribution in [1.29, 1.82) is 0 Å². The van der Waals surface area contributed by atoms with Crippen LogP contribution in [0.2, 0.25) is 0 Å². The number of carbonyl (C=O) groups excluding carboxylic acids is 2. The number of unbranched alkanes of at least 4 members (excludes halogenated alkanes) is 1. The normalized spacial score (nSPS) is 16.4. The van der Waals surface area contributed by atoms with Crippen LogP contribution in [0.5, 0.6) is 0 Å². The molecule has 1 aromatic carbocycles. The second kappa shape index (κ2) is 10.7. The highest BCUT2D eigenvalue weighted by Crippen LogP contribution is 2.22. The molecule has 1 saturated heterocycles. The van der Waals surface area contributed by atoms with Gasteiger partial charge in [0.15, 0.2) is 0 Å². The number of carboxylic acids is 2. The molecule has 8 heteroatoms. The van der Waals surface area contributed by atoms with Gasteiger partial charge in [0.05, 0.1) is 5.69 Å². The fourth-order valence-electron chi connectivity index (χ4n) is 2.41. The number of benzene rings is 1. The Labute approximate surface area is 157 Å². The summed E-state index contributed by atoms with van der Waals surface area (Å²) in [5.74, 6) is -3.25. The molecule has 3 N–H and O–H groups in total. The van der Waals surface area contributed by atoms with Gasteiger partial charge in [-0.25, -0.2) is 14.6 Å². The molecule has 2 rings (SSSR count). The Kier molecular flexibility index (Phi) is 8.71.